The van der Waals surface area contributed by atoms with Gasteiger partial charge in [-0.3, -0.25) is 4.79 Å². The number of carbonyl (C=O) groups is 2. The number of carbonyl (C=O) groups excluding carboxylic acids is 2. The predicted molar refractivity (Wildman–Crippen MR) is 81.6 cm³/mol. The Morgan fingerprint density at radius 2 is 2.05 bits per heavy atom. The second-order valence-corrected chi connectivity index (χ2v) is 7.09. The first-order valence-electron chi connectivity index (χ1n) is 7.76. The Morgan fingerprint density at radius 1 is 1.29 bits per heavy atom. The molecule has 1 atom stereocenters. The molecule has 0 aromatic carbocycles. The fraction of sp³-hybridized carbons (Fsp3) is 0.625. The zero-order valence-electron chi connectivity index (χ0n) is 12.3. The van der Waals surface area contributed by atoms with E-state index in [1.807, 2.05) is 6.07 Å². The number of aryl methyl sites for hydroxylation is 2. The fourth-order valence-electron chi connectivity index (χ4n) is 3.09. The van der Waals surface area contributed by atoms with Gasteiger partial charge < -0.3 is 10.1 Å². The van der Waals surface area contributed by atoms with E-state index in [1.165, 1.54) is 41.0 Å². The lowest BCUT2D eigenvalue weighted by atomic mass is 10.2. The van der Waals surface area contributed by atoms with Gasteiger partial charge in [0, 0.05) is 10.9 Å². The average molecular weight is 307 g/mol. The van der Waals surface area contributed by atoms with Crippen molar-refractivity contribution in [1.29, 1.82) is 0 Å². The molecular formula is C16H21NO3S. The van der Waals surface area contributed by atoms with Gasteiger partial charge in [0.2, 0.25) is 0 Å². The van der Waals surface area contributed by atoms with E-state index in [-0.39, 0.29) is 17.9 Å². The lowest BCUT2D eigenvalue weighted by molar-refractivity contribution is -0.129. The van der Waals surface area contributed by atoms with Gasteiger partial charge in [-0.15, -0.1) is 11.3 Å². The molecule has 1 N–H and O–H groups in total. The van der Waals surface area contributed by atoms with Crippen molar-refractivity contribution in [1.82, 2.24) is 5.32 Å². The molecule has 1 saturated carbocycles. The SMILES string of the molecule is C[C@H](OC(=O)c1cc2c(s1)CCC2)C(=O)NC1CCCC1. The largest absolute Gasteiger partial charge is 0.448 e. The van der Waals surface area contributed by atoms with Crippen molar-refractivity contribution in [3.05, 3.63) is 21.4 Å². The number of thiophene rings is 1. The molecule has 2 aliphatic rings. The van der Waals surface area contributed by atoms with Gasteiger partial charge in [-0.2, -0.15) is 0 Å². The van der Waals surface area contributed by atoms with Crippen LogP contribution in [0.15, 0.2) is 6.07 Å². The van der Waals surface area contributed by atoms with Gasteiger partial charge in [0.15, 0.2) is 6.10 Å². The Morgan fingerprint density at radius 3 is 2.76 bits per heavy atom. The van der Waals surface area contributed by atoms with Crippen LogP contribution in [-0.2, 0) is 22.4 Å². The van der Waals surface area contributed by atoms with Crippen LogP contribution in [0.2, 0.25) is 0 Å². The number of nitrogens with one attached hydrogen (secondary N) is 1. The van der Waals surface area contributed by atoms with Crippen LogP contribution in [0.4, 0.5) is 0 Å². The molecule has 0 unspecified atom stereocenters. The Labute approximate surface area is 128 Å². The summed E-state index contributed by atoms with van der Waals surface area (Å²) in [6, 6.07) is 2.18. The van der Waals surface area contributed by atoms with Crippen molar-refractivity contribution >= 4 is 23.2 Å². The van der Waals surface area contributed by atoms with E-state index < -0.39 is 6.10 Å². The monoisotopic (exact) mass is 307 g/mol. The molecule has 0 bridgehead atoms. The van der Waals surface area contributed by atoms with Gasteiger partial charge >= 0.3 is 5.97 Å². The zero-order chi connectivity index (χ0) is 14.8. The molecule has 1 aromatic rings. The van der Waals surface area contributed by atoms with E-state index in [4.69, 9.17) is 4.74 Å². The second-order valence-electron chi connectivity index (χ2n) is 5.95. The third kappa shape index (κ3) is 3.28. The topological polar surface area (TPSA) is 55.4 Å². The highest BCUT2D eigenvalue weighted by Crippen LogP contribution is 2.31. The summed E-state index contributed by atoms with van der Waals surface area (Å²) in [6.45, 7) is 1.64. The van der Waals surface area contributed by atoms with Crippen LogP contribution >= 0.6 is 11.3 Å². The maximum Gasteiger partial charge on any atom is 0.349 e. The minimum Gasteiger partial charge on any atom is -0.448 e. The molecule has 0 spiro atoms. The zero-order valence-corrected chi connectivity index (χ0v) is 13.1. The summed E-state index contributed by atoms with van der Waals surface area (Å²) in [4.78, 5) is 26.1. The molecule has 114 valence electrons. The van der Waals surface area contributed by atoms with E-state index in [2.05, 4.69) is 5.32 Å². The van der Waals surface area contributed by atoms with Gasteiger partial charge in [0.1, 0.15) is 4.88 Å². The number of rotatable bonds is 4. The highest BCUT2D eigenvalue weighted by atomic mass is 32.1. The van der Waals surface area contributed by atoms with Crippen LogP contribution < -0.4 is 5.32 Å². The number of amides is 1. The Kier molecular flexibility index (Phi) is 4.29. The standard InChI is InChI=1S/C16H21NO3S/c1-10(15(18)17-12-6-2-3-7-12)20-16(19)14-9-11-5-4-8-13(11)21-14/h9-10,12H,2-8H2,1H3,(H,17,18)/t10-/m0/s1. The minimum absolute atomic E-state index is 0.181. The maximum absolute atomic E-state index is 12.1. The molecule has 0 saturated heterocycles. The van der Waals surface area contributed by atoms with Gasteiger partial charge in [0.25, 0.3) is 5.91 Å². The fourth-order valence-corrected chi connectivity index (χ4v) is 4.23. The number of ether oxygens (including phenoxy) is 1. The Hall–Kier alpha value is -1.36. The first kappa shape index (κ1) is 14.6. The summed E-state index contributed by atoms with van der Waals surface area (Å²) in [7, 11) is 0. The van der Waals surface area contributed by atoms with E-state index >= 15 is 0 Å². The number of esters is 1. The molecule has 0 radical (unpaired) electrons. The molecule has 2 aliphatic carbocycles. The highest BCUT2D eigenvalue weighted by molar-refractivity contribution is 7.14. The maximum atomic E-state index is 12.1. The van der Waals surface area contributed by atoms with Crippen molar-refractivity contribution in [2.24, 2.45) is 0 Å². The van der Waals surface area contributed by atoms with Crippen LogP contribution in [0, 0.1) is 0 Å². The molecule has 1 heterocycles. The summed E-state index contributed by atoms with van der Waals surface area (Å²) in [5, 5.41) is 2.96. The van der Waals surface area contributed by atoms with Crippen molar-refractivity contribution in [3.63, 3.8) is 0 Å². The van der Waals surface area contributed by atoms with Crippen molar-refractivity contribution in [3.8, 4) is 0 Å². The summed E-state index contributed by atoms with van der Waals surface area (Å²) in [6.07, 6.45) is 6.96. The molecule has 1 aromatic heterocycles. The molecule has 5 heteroatoms. The average Bonchev–Trinajstić information content (AvgIpc) is 3.14. The number of hydrogen-bond acceptors (Lipinski definition) is 4. The van der Waals surface area contributed by atoms with Crippen LogP contribution in [-0.4, -0.2) is 24.0 Å². The molecule has 3 rings (SSSR count). The molecular weight excluding hydrogens is 286 g/mol. The third-order valence-electron chi connectivity index (χ3n) is 4.30. The van der Waals surface area contributed by atoms with Gasteiger partial charge in [-0.05, 0) is 50.7 Å². The van der Waals surface area contributed by atoms with Crippen LogP contribution in [0.5, 0.6) is 0 Å². The van der Waals surface area contributed by atoms with Crippen molar-refractivity contribution in [2.75, 3.05) is 0 Å². The summed E-state index contributed by atoms with van der Waals surface area (Å²) < 4.78 is 5.30. The quantitative estimate of drug-likeness (QED) is 0.870. The molecule has 0 aliphatic heterocycles. The van der Waals surface area contributed by atoms with Crippen molar-refractivity contribution < 1.29 is 14.3 Å². The predicted octanol–water partition coefficient (Wildman–Crippen LogP) is 2.84. The van der Waals surface area contributed by atoms with Crippen LogP contribution in [0.1, 0.15) is 59.1 Å². The lowest BCUT2D eigenvalue weighted by Crippen LogP contribution is -2.40. The van der Waals surface area contributed by atoms with Crippen molar-refractivity contribution in [2.45, 2.75) is 64.0 Å². The highest BCUT2D eigenvalue weighted by Gasteiger charge is 2.25. The van der Waals surface area contributed by atoms with Crippen LogP contribution in [0.3, 0.4) is 0 Å². The normalized spacial score (nSPS) is 19.3. The lowest BCUT2D eigenvalue weighted by Gasteiger charge is -2.16. The molecule has 1 fully saturated rings. The van der Waals surface area contributed by atoms with E-state index in [0.717, 1.165) is 25.7 Å². The Balaban J connectivity index is 1.54. The first-order chi connectivity index (χ1) is 10.1. The van der Waals surface area contributed by atoms with E-state index in [9.17, 15) is 9.59 Å². The van der Waals surface area contributed by atoms with E-state index in [0.29, 0.717) is 4.88 Å². The number of fused-ring (bicyclic) bond motifs is 1. The Bertz CT molecular complexity index is 524. The molecule has 1 amide bonds. The summed E-state index contributed by atoms with van der Waals surface area (Å²) in [5.74, 6) is -0.553. The van der Waals surface area contributed by atoms with Gasteiger partial charge in [-0.1, -0.05) is 12.8 Å². The first-order valence-corrected chi connectivity index (χ1v) is 8.58. The van der Waals surface area contributed by atoms with Gasteiger partial charge in [-0.25, -0.2) is 4.79 Å². The summed E-state index contributed by atoms with van der Waals surface area (Å²) in [5.41, 5.74) is 1.27. The smallest absolute Gasteiger partial charge is 0.349 e. The molecule has 4 nitrogen and oxygen atoms in total. The summed E-state index contributed by atoms with van der Waals surface area (Å²) >= 11 is 1.51. The van der Waals surface area contributed by atoms with Gasteiger partial charge in [0.05, 0.1) is 0 Å². The van der Waals surface area contributed by atoms with E-state index in [1.54, 1.807) is 6.92 Å². The van der Waals surface area contributed by atoms with Crippen LogP contribution in [0.25, 0.3) is 0 Å². The molecule has 21 heavy (non-hydrogen) atoms. The minimum atomic E-state index is -0.727. The third-order valence-corrected chi connectivity index (χ3v) is 5.52. The second kappa shape index (κ2) is 6.18. The number of hydrogen-bond donors (Lipinski definition) is 1.